The first-order chi connectivity index (χ1) is 13.0. The van der Waals surface area contributed by atoms with Gasteiger partial charge in [0.25, 0.3) is 5.56 Å². The van der Waals surface area contributed by atoms with Crippen LogP contribution in [-0.4, -0.2) is 51.9 Å². The van der Waals surface area contributed by atoms with Crippen molar-refractivity contribution >= 4 is 28.6 Å². The van der Waals surface area contributed by atoms with Crippen molar-refractivity contribution in [2.45, 2.75) is 56.9 Å². The molecule has 0 saturated carbocycles. The van der Waals surface area contributed by atoms with Gasteiger partial charge in [-0.25, -0.2) is 4.98 Å². The molecule has 2 atom stereocenters. The van der Waals surface area contributed by atoms with Crippen molar-refractivity contribution in [1.82, 2.24) is 14.5 Å². The zero-order chi connectivity index (χ0) is 19.4. The number of hydrogen-bond donors (Lipinski definition) is 0. The van der Waals surface area contributed by atoms with Gasteiger partial charge in [-0.15, -0.1) is 0 Å². The number of carbonyl (C=O) groups is 1. The molecular formula is C20H27N3O3S. The average molecular weight is 390 g/mol. The highest BCUT2D eigenvalue weighted by Gasteiger charge is 2.29. The zero-order valence-corrected chi connectivity index (χ0v) is 17.0. The molecule has 1 amide bonds. The third-order valence-corrected chi connectivity index (χ3v) is 6.11. The smallest absolute Gasteiger partial charge is 0.262 e. The van der Waals surface area contributed by atoms with Crippen LogP contribution in [0.1, 0.15) is 33.1 Å². The summed E-state index contributed by atoms with van der Waals surface area (Å²) in [6, 6.07) is 7.85. The molecule has 1 aromatic heterocycles. The highest BCUT2D eigenvalue weighted by atomic mass is 32.2. The number of likely N-dealkylation sites (tertiary alicyclic amines) is 1. The molecule has 2 aromatic rings. The van der Waals surface area contributed by atoms with Gasteiger partial charge in [-0.2, -0.15) is 0 Å². The minimum Gasteiger partial charge on any atom is -0.383 e. The standard InChI is InChI=1S/C20H27N3O3S/c1-14-7-6-8-15(2)23(14)18(24)13-27-20-21-17-10-5-4-9-16(17)19(25)22(20)11-12-26-3/h4-5,9-10,14-15H,6-8,11-13H2,1-3H3/t14-,15-/m0/s1. The summed E-state index contributed by atoms with van der Waals surface area (Å²) >= 11 is 1.34. The van der Waals surface area contributed by atoms with Gasteiger partial charge in [-0.3, -0.25) is 14.2 Å². The molecule has 3 rings (SSSR count). The third-order valence-electron chi connectivity index (χ3n) is 5.15. The molecule has 1 aliphatic heterocycles. The molecule has 1 aromatic carbocycles. The Morgan fingerprint density at radius 3 is 2.67 bits per heavy atom. The maximum atomic E-state index is 12.9. The van der Waals surface area contributed by atoms with E-state index in [2.05, 4.69) is 18.8 Å². The second-order valence-electron chi connectivity index (χ2n) is 7.08. The van der Waals surface area contributed by atoms with Gasteiger partial charge in [0.15, 0.2) is 5.16 Å². The first-order valence-corrected chi connectivity index (χ1v) is 10.4. The highest BCUT2D eigenvalue weighted by molar-refractivity contribution is 7.99. The molecule has 0 spiro atoms. The molecular weight excluding hydrogens is 362 g/mol. The van der Waals surface area contributed by atoms with Crippen molar-refractivity contribution < 1.29 is 9.53 Å². The van der Waals surface area contributed by atoms with Crippen molar-refractivity contribution in [2.24, 2.45) is 0 Å². The first-order valence-electron chi connectivity index (χ1n) is 9.45. The molecule has 0 aliphatic carbocycles. The number of benzene rings is 1. The van der Waals surface area contributed by atoms with E-state index in [9.17, 15) is 9.59 Å². The fourth-order valence-corrected chi connectivity index (χ4v) is 4.65. The molecule has 0 N–H and O–H groups in total. The van der Waals surface area contributed by atoms with Crippen LogP contribution in [0.25, 0.3) is 10.9 Å². The Morgan fingerprint density at radius 1 is 1.26 bits per heavy atom. The molecule has 1 saturated heterocycles. The summed E-state index contributed by atoms with van der Waals surface area (Å²) in [5.41, 5.74) is 0.568. The number of fused-ring (bicyclic) bond motifs is 1. The van der Waals surface area contributed by atoms with Gasteiger partial charge < -0.3 is 9.64 Å². The van der Waals surface area contributed by atoms with Gasteiger partial charge in [-0.05, 0) is 45.2 Å². The number of methoxy groups -OCH3 is 1. The Morgan fingerprint density at radius 2 is 1.96 bits per heavy atom. The van der Waals surface area contributed by atoms with Gasteiger partial charge in [0.1, 0.15) is 0 Å². The lowest BCUT2D eigenvalue weighted by Crippen LogP contribution is -2.48. The van der Waals surface area contributed by atoms with Crippen LogP contribution < -0.4 is 5.56 Å². The quantitative estimate of drug-likeness (QED) is 0.561. The zero-order valence-electron chi connectivity index (χ0n) is 16.2. The minimum absolute atomic E-state index is 0.0905. The summed E-state index contributed by atoms with van der Waals surface area (Å²) in [6.07, 6.45) is 3.27. The molecule has 6 nitrogen and oxygen atoms in total. The summed E-state index contributed by atoms with van der Waals surface area (Å²) in [6.45, 7) is 5.06. The summed E-state index contributed by atoms with van der Waals surface area (Å²) in [5, 5.41) is 1.16. The summed E-state index contributed by atoms with van der Waals surface area (Å²) in [5.74, 6) is 0.396. The number of amides is 1. The van der Waals surface area contributed by atoms with Crippen molar-refractivity contribution in [2.75, 3.05) is 19.5 Å². The number of rotatable bonds is 6. The number of piperidine rings is 1. The lowest BCUT2D eigenvalue weighted by Gasteiger charge is -2.39. The number of nitrogens with zero attached hydrogens (tertiary/aromatic N) is 3. The van der Waals surface area contributed by atoms with E-state index in [1.54, 1.807) is 17.7 Å². The number of ether oxygens (including phenoxy) is 1. The summed E-state index contributed by atoms with van der Waals surface area (Å²) in [7, 11) is 1.61. The third kappa shape index (κ3) is 4.35. The number of para-hydroxylation sites is 1. The second-order valence-corrected chi connectivity index (χ2v) is 8.02. The Hall–Kier alpha value is -1.86. The number of aromatic nitrogens is 2. The van der Waals surface area contributed by atoms with Gasteiger partial charge in [0, 0.05) is 19.2 Å². The lowest BCUT2D eigenvalue weighted by molar-refractivity contribution is -0.134. The predicted octanol–water partition coefficient (Wildman–Crippen LogP) is 2.92. The molecule has 0 radical (unpaired) electrons. The van der Waals surface area contributed by atoms with Gasteiger partial charge >= 0.3 is 0 Å². The van der Waals surface area contributed by atoms with Crippen molar-refractivity contribution in [3.05, 3.63) is 34.6 Å². The lowest BCUT2D eigenvalue weighted by atomic mass is 9.98. The maximum absolute atomic E-state index is 12.9. The molecule has 0 bridgehead atoms. The topological polar surface area (TPSA) is 64.4 Å². The van der Waals surface area contributed by atoms with Crippen LogP contribution in [0.5, 0.6) is 0 Å². The van der Waals surface area contributed by atoms with E-state index in [4.69, 9.17) is 4.74 Å². The number of thioether (sulfide) groups is 1. The van der Waals surface area contributed by atoms with Gasteiger partial charge in [-0.1, -0.05) is 23.9 Å². The Kier molecular flexibility index (Phi) is 6.55. The predicted molar refractivity (Wildman–Crippen MR) is 108 cm³/mol. The Balaban J connectivity index is 1.84. The fourth-order valence-electron chi connectivity index (χ4n) is 3.75. The largest absolute Gasteiger partial charge is 0.383 e. The molecule has 1 fully saturated rings. The Bertz CT molecular complexity index is 857. The van der Waals surface area contributed by atoms with E-state index >= 15 is 0 Å². The van der Waals surface area contributed by atoms with Gasteiger partial charge in [0.05, 0.1) is 29.8 Å². The first kappa shape index (κ1) is 19.9. The van der Waals surface area contributed by atoms with E-state index in [1.807, 2.05) is 23.1 Å². The normalized spacial score (nSPS) is 20.2. The monoisotopic (exact) mass is 389 g/mol. The molecule has 0 unspecified atom stereocenters. The minimum atomic E-state index is -0.0905. The number of hydrogen-bond acceptors (Lipinski definition) is 5. The molecule has 2 heterocycles. The van der Waals surface area contributed by atoms with Gasteiger partial charge in [0.2, 0.25) is 5.91 Å². The van der Waals surface area contributed by atoms with Crippen LogP contribution in [0.4, 0.5) is 0 Å². The van der Waals surface area contributed by atoms with Crippen molar-refractivity contribution in [3.8, 4) is 0 Å². The highest BCUT2D eigenvalue weighted by Crippen LogP contribution is 2.25. The SMILES string of the molecule is COCCn1c(SCC(=O)N2[C@@H](C)CCC[C@@H]2C)nc2ccccc2c1=O. The van der Waals surface area contributed by atoms with E-state index in [0.717, 1.165) is 12.8 Å². The van der Waals surface area contributed by atoms with Crippen molar-refractivity contribution in [1.29, 1.82) is 0 Å². The molecule has 7 heteroatoms. The van der Waals surface area contributed by atoms with Crippen LogP contribution in [-0.2, 0) is 16.1 Å². The van der Waals surface area contributed by atoms with E-state index in [1.165, 1.54) is 18.2 Å². The van der Waals surface area contributed by atoms with E-state index < -0.39 is 0 Å². The van der Waals surface area contributed by atoms with Crippen molar-refractivity contribution in [3.63, 3.8) is 0 Å². The average Bonchev–Trinajstić information content (AvgIpc) is 2.65. The second kappa shape index (κ2) is 8.89. The fraction of sp³-hybridized carbons (Fsp3) is 0.550. The van der Waals surface area contributed by atoms with Crippen LogP contribution in [0, 0.1) is 0 Å². The summed E-state index contributed by atoms with van der Waals surface area (Å²) in [4.78, 5) is 32.3. The van der Waals surface area contributed by atoms with Crippen LogP contribution in [0.3, 0.4) is 0 Å². The Labute approximate surface area is 163 Å². The van der Waals surface area contributed by atoms with Crippen LogP contribution >= 0.6 is 11.8 Å². The molecule has 27 heavy (non-hydrogen) atoms. The number of carbonyl (C=O) groups excluding carboxylic acids is 1. The molecule has 1 aliphatic rings. The maximum Gasteiger partial charge on any atom is 0.262 e. The van der Waals surface area contributed by atoms with E-state index in [0.29, 0.717) is 29.2 Å². The molecule has 146 valence electrons. The van der Waals surface area contributed by atoms with Crippen LogP contribution in [0.15, 0.2) is 34.2 Å². The van der Waals surface area contributed by atoms with Crippen LogP contribution in [0.2, 0.25) is 0 Å². The van der Waals surface area contributed by atoms with E-state index in [-0.39, 0.29) is 29.3 Å². The summed E-state index contributed by atoms with van der Waals surface area (Å²) < 4.78 is 6.76.